The number of hydrogen-bond donors (Lipinski definition) is 2. The molecule has 186 valence electrons. The van der Waals surface area contributed by atoms with Gasteiger partial charge in [0.1, 0.15) is 12.4 Å². The van der Waals surface area contributed by atoms with Gasteiger partial charge in [-0.15, -0.1) is 0 Å². The number of nitrogens with one attached hydrogen (secondary N) is 1. The Labute approximate surface area is 210 Å². The van der Waals surface area contributed by atoms with Crippen LogP contribution in [0.5, 0.6) is 5.75 Å². The van der Waals surface area contributed by atoms with Crippen molar-refractivity contribution in [1.29, 1.82) is 0 Å². The minimum atomic E-state index is -0.433. The van der Waals surface area contributed by atoms with Crippen molar-refractivity contribution >= 4 is 28.4 Å². The van der Waals surface area contributed by atoms with Crippen LogP contribution < -0.4 is 4.74 Å². The number of benzene rings is 2. The number of aromatic amines is 1. The molecule has 0 aliphatic carbocycles. The molecule has 1 saturated heterocycles. The predicted molar refractivity (Wildman–Crippen MR) is 136 cm³/mol. The fraction of sp³-hybridized carbons (Fsp3) is 0.444. The first-order valence-electron chi connectivity index (χ1n) is 12.0. The Balaban J connectivity index is 1.52. The Morgan fingerprint density at radius 1 is 1.20 bits per heavy atom. The first kappa shape index (κ1) is 24.1. The lowest BCUT2D eigenvalue weighted by atomic mass is 9.68. The Morgan fingerprint density at radius 2 is 1.97 bits per heavy atom. The molecule has 1 spiro atoms. The van der Waals surface area contributed by atoms with Gasteiger partial charge in [-0.1, -0.05) is 29.8 Å². The van der Waals surface area contributed by atoms with Gasteiger partial charge in [-0.05, 0) is 55.3 Å². The lowest BCUT2D eigenvalue weighted by molar-refractivity contribution is -0.141. The summed E-state index contributed by atoms with van der Waals surface area (Å²) in [6.45, 7) is 2.99. The van der Waals surface area contributed by atoms with E-state index in [2.05, 4.69) is 22.0 Å². The highest BCUT2D eigenvalue weighted by Crippen LogP contribution is 2.49. The second-order valence-corrected chi connectivity index (χ2v) is 10.0. The maximum atomic E-state index is 13.1. The van der Waals surface area contributed by atoms with Gasteiger partial charge in [0.2, 0.25) is 5.91 Å². The zero-order chi connectivity index (χ0) is 24.6. The summed E-state index contributed by atoms with van der Waals surface area (Å²) in [4.78, 5) is 20.9. The number of piperidine rings is 1. The largest absolute Gasteiger partial charge is 0.497 e. The third kappa shape index (κ3) is 4.31. The van der Waals surface area contributed by atoms with Crippen molar-refractivity contribution in [1.82, 2.24) is 14.8 Å². The molecule has 0 saturated carbocycles. The van der Waals surface area contributed by atoms with Gasteiger partial charge < -0.3 is 24.5 Å². The van der Waals surface area contributed by atoms with E-state index >= 15 is 0 Å². The third-order valence-corrected chi connectivity index (χ3v) is 8.04. The number of aliphatic hydroxyl groups excluding tert-OH is 1. The monoisotopic (exact) mass is 497 g/mol. The van der Waals surface area contributed by atoms with Crippen molar-refractivity contribution in [2.45, 2.75) is 30.8 Å². The number of methoxy groups -OCH3 is 2. The van der Waals surface area contributed by atoms with Crippen molar-refractivity contribution in [3.05, 3.63) is 64.3 Å². The highest BCUT2D eigenvalue weighted by molar-refractivity contribution is 6.31. The van der Waals surface area contributed by atoms with Crippen molar-refractivity contribution in [2.24, 2.45) is 0 Å². The van der Waals surface area contributed by atoms with Gasteiger partial charge in [-0.25, -0.2) is 0 Å². The molecule has 35 heavy (non-hydrogen) atoms. The van der Waals surface area contributed by atoms with Crippen LogP contribution in [-0.4, -0.2) is 72.9 Å². The molecule has 3 heterocycles. The number of fused-ring (bicyclic) bond motifs is 4. The maximum absolute atomic E-state index is 13.1. The number of amides is 1. The molecular weight excluding hydrogens is 466 g/mol. The van der Waals surface area contributed by atoms with E-state index in [1.165, 1.54) is 12.7 Å². The number of carbonyl (C=O) groups is 1. The summed E-state index contributed by atoms with van der Waals surface area (Å²) in [5.74, 6) is 0.666. The summed E-state index contributed by atoms with van der Waals surface area (Å²) in [5.41, 5.74) is 4.03. The van der Waals surface area contributed by atoms with E-state index in [1.807, 2.05) is 35.2 Å². The molecule has 1 amide bonds. The lowest BCUT2D eigenvalue weighted by Crippen LogP contribution is -2.55. The highest BCUT2D eigenvalue weighted by Gasteiger charge is 2.48. The fourth-order valence-corrected chi connectivity index (χ4v) is 6.09. The summed E-state index contributed by atoms with van der Waals surface area (Å²) in [7, 11) is 3.18. The van der Waals surface area contributed by atoms with E-state index < -0.39 is 6.04 Å². The Morgan fingerprint density at radius 3 is 2.66 bits per heavy atom. The van der Waals surface area contributed by atoms with Crippen molar-refractivity contribution in [2.75, 3.05) is 47.1 Å². The fourth-order valence-electron chi connectivity index (χ4n) is 5.89. The number of rotatable bonds is 6. The maximum Gasteiger partial charge on any atom is 0.249 e. The summed E-state index contributed by atoms with van der Waals surface area (Å²) in [6, 6.07) is 13.6. The van der Waals surface area contributed by atoms with Crippen LogP contribution >= 0.6 is 11.6 Å². The number of halogens is 1. The SMILES string of the molecule is COCC(=O)N1CC2(CCN(Cc3ccccc3Cl)CC2)c2c([nH]c3cc(OC)ccc23)[C@@H]1CO. The molecule has 2 N–H and O–H groups in total. The number of nitrogens with zero attached hydrogens (tertiary/aromatic N) is 2. The topological polar surface area (TPSA) is 78.0 Å². The van der Waals surface area contributed by atoms with Crippen molar-refractivity contribution < 1.29 is 19.4 Å². The summed E-state index contributed by atoms with van der Waals surface area (Å²) < 4.78 is 10.6. The summed E-state index contributed by atoms with van der Waals surface area (Å²) >= 11 is 6.42. The van der Waals surface area contributed by atoms with Gasteiger partial charge in [0, 0.05) is 53.3 Å². The van der Waals surface area contributed by atoms with E-state index in [9.17, 15) is 9.90 Å². The number of carbonyl (C=O) groups excluding carboxylic acids is 1. The molecule has 1 fully saturated rings. The van der Waals surface area contributed by atoms with Crippen LogP contribution in [0.15, 0.2) is 42.5 Å². The van der Waals surface area contributed by atoms with Gasteiger partial charge in [0.15, 0.2) is 0 Å². The molecule has 1 aromatic heterocycles. The van der Waals surface area contributed by atoms with E-state index in [1.54, 1.807) is 7.11 Å². The molecule has 0 bridgehead atoms. The van der Waals surface area contributed by atoms with Crippen LogP contribution in [0, 0.1) is 0 Å². The lowest BCUT2D eigenvalue weighted by Gasteiger charge is -2.50. The first-order chi connectivity index (χ1) is 17.0. The standard InChI is InChI=1S/C27H32ClN3O4/c1-34-16-24(33)31-17-27(9-11-30(12-10-27)14-18-5-3-4-6-21(18)28)25-20-8-7-19(35-2)13-22(20)29-26(25)23(31)15-32/h3-8,13,23,29,32H,9-12,14-17H2,1-2H3/t23-/m0/s1. The minimum Gasteiger partial charge on any atom is -0.497 e. The van der Waals surface area contributed by atoms with E-state index in [4.69, 9.17) is 21.1 Å². The number of hydrogen-bond acceptors (Lipinski definition) is 5. The van der Waals surface area contributed by atoms with Crippen LogP contribution in [-0.2, 0) is 21.5 Å². The molecular formula is C27H32ClN3O4. The second kappa shape index (κ2) is 9.82. The zero-order valence-corrected chi connectivity index (χ0v) is 21.0. The Bertz CT molecular complexity index is 1220. The van der Waals surface area contributed by atoms with Gasteiger partial charge in [-0.3, -0.25) is 9.69 Å². The normalized spacial score (nSPS) is 19.8. The molecule has 8 heteroatoms. The smallest absolute Gasteiger partial charge is 0.249 e. The first-order valence-corrected chi connectivity index (χ1v) is 12.4. The third-order valence-electron chi connectivity index (χ3n) is 7.67. The molecule has 2 aromatic carbocycles. The molecule has 1 atom stereocenters. The molecule has 5 rings (SSSR count). The second-order valence-electron chi connectivity index (χ2n) is 9.63. The van der Waals surface area contributed by atoms with Gasteiger partial charge in [-0.2, -0.15) is 0 Å². The van der Waals surface area contributed by atoms with Crippen LogP contribution in [0.25, 0.3) is 10.9 Å². The average Bonchev–Trinajstić information content (AvgIpc) is 3.26. The summed E-state index contributed by atoms with van der Waals surface area (Å²) in [6.07, 6.45) is 1.80. The molecule has 3 aromatic rings. The molecule has 2 aliphatic rings. The van der Waals surface area contributed by atoms with Gasteiger partial charge in [0.05, 0.1) is 19.8 Å². The zero-order valence-electron chi connectivity index (χ0n) is 20.2. The number of aliphatic hydroxyl groups is 1. The number of likely N-dealkylation sites (tertiary alicyclic amines) is 1. The van der Waals surface area contributed by atoms with Gasteiger partial charge >= 0.3 is 0 Å². The quantitative estimate of drug-likeness (QED) is 0.540. The highest BCUT2D eigenvalue weighted by atomic mass is 35.5. The predicted octanol–water partition coefficient (Wildman–Crippen LogP) is 3.89. The van der Waals surface area contributed by atoms with Crippen LogP contribution in [0.1, 0.15) is 35.7 Å². The summed E-state index contributed by atoms with van der Waals surface area (Å²) in [5, 5.41) is 12.3. The van der Waals surface area contributed by atoms with Crippen LogP contribution in [0.4, 0.5) is 0 Å². The van der Waals surface area contributed by atoms with Gasteiger partial charge in [0.25, 0.3) is 0 Å². The Hall–Kier alpha value is -2.58. The van der Waals surface area contributed by atoms with Crippen molar-refractivity contribution in [3.63, 3.8) is 0 Å². The van der Waals surface area contributed by atoms with Crippen molar-refractivity contribution in [3.8, 4) is 5.75 Å². The molecule has 2 aliphatic heterocycles. The number of aromatic nitrogens is 1. The van der Waals surface area contributed by atoms with E-state index in [-0.39, 0.29) is 24.5 Å². The molecule has 0 unspecified atom stereocenters. The van der Waals surface area contributed by atoms with Crippen LogP contribution in [0.2, 0.25) is 5.02 Å². The number of ether oxygens (including phenoxy) is 2. The van der Waals surface area contributed by atoms with E-state index in [0.29, 0.717) is 6.54 Å². The van der Waals surface area contributed by atoms with E-state index in [0.717, 1.165) is 65.4 Å². The molecule has 7 nitrogen and oxygen atoms in total. The minimum absolute atomic E-state index is 0.00536. The molecule has 0 radical (unpaired) electrons. The van der Waals surface area contributed by atoms with Crippen LogP contribution in [0.3, 0.4) is 0 Å². The average molecular weight is 498 g/mol. The number of H-pyrrole nitrogens is 1. The Kier molecular flexibility index (Phi) is 6.77.